The normalized spacial score (nSPS) is 12.7. The molecule has 1 atom stereocenters. The fraction of sp³-hybridized carbons (Fsp3) is 0.133. The number of hydrogen-bond acceptors (Lipinski definition) is 3. The zero-order chi connectivity index (χ0) is 13.2. The van der Waals surface area contributed by atoms with Gasteiger partial charge in [0, 0.05) is 23.5 Å². The van der Waals surface area contributed by atoms with Crippen molar-refractivity contribution in [3.63, 3.8) is 0 Å². The van der Waals surface area contributed by atoms with Gasteiger partial charge in [-0.3, -0.25) is 4.98 Å². The first kappa shape index (κ1) is 12.8. The molecule has 2 N–H and O–H groups in total. The van der Waals surface area contributed by atoms with Crippen LogP contribution in [0.3, 0.4) is 0 Å². The molecule has 2 heterocycles. The van der Waals surface area contributed by atoms with E-state index in [-0.39, 0.29) is 6.04 Å². The average Bonchev–Trinajstić information content (AvgIpc) is 2.85. The number of aromatic nitrogens is 1. The van der Waals surface area contributed by atoms with E-state index in [1.54, 1.807) is 11.3 Å². The number of rotatable bonds is 3. The molecule has 0 aliphatic rings. The quantitative estimate of drug-likeness (QED) is 0.776. The number of nitrogens with two attached hydrogens (primary N) is 1. The molecule has 4 heteroatoms. The Labute approximate surface area is 124 Å². The van der Waals surface area contributed by atoms with Crippen LogP contribution in [0.1, 0.15) is 17.3 Å². The fourth-order valence-electron chi connectivity index (χ4n) is 2.08. The smallest absolute Gasteiger partial charge is 0.0705 e. The predicted octanol–water partition coefficient (Wildman–Crippen LogP) is 4.30. The number of nitrogens with zero attached hydrogens (tertiary/aromatic N) is 1. The van der Waals surface area contributed by atoms with E-state index in [2.05, 4.69) is 50.6 Å². The molecule has 96 valence electrons. The standard InChI is InChI=1S/C15H13BrN2S/c16-15-7-11(9-19-15)13(17)8-12-6-5-10-3-1-2-4-14(10)18-12/h1-7,9,13H,8,17H2. The molecular formula is C15H13BrN2S. The second-order valence-corrected chi connectivity index (χ2v) is 6.78. The van der Waals surface area contributed by atoms with Crippen molar-refractivity contribution in [2.24, 2.45) is 5.73 Å². The highest BCUT2D eigenvalue weighted by molar-refractivity contribution is 9.11. The molecule has 2 nitrogen and oxygen atoms in total. The average molecular weight is 333 g/mol. The molecule has 1 aromatic carbocycles. The molecule has 0 aliphatic heterocycles. The SMILES string of the molecule is NC(Cc1ccc2ccccc2n1)c1csc(Br)c1. The Morgan fingerprint density at radius 1 is 1.21 bits per heavy atom. The highest BCUT2D eigenvalue weighted by atomic mass is 79.9. The highest BCUT2D eigenvalue weighted by Crippen LogP contribution is 2.26. The van der Waals surface area contributed by atoms with E-state index in [0.717, 1.165) is 32.4 Å². The third-order valence-electron chi connectivity index (χ3n) is 3.10. The molecule has 0 saturated carbocycles. The first-order valence-corrected chi connectivity index (χ1v) is 7.74. The Bertz CT molecular complexity index is 708. The van der Waals surface area contributed by atoms with Gasteiger partial charge in [-0.15, -0.1) is 11.3 Å². The van der Waals surface area contributed by atoms with Crippen LogP contribution in [0.4, 0.5) is 0 Å². The number of benzene rings is 1. The summed E-state index contributed by atoms with van der Waals surface area (Å²) in [4.78, 5) is 4.66. The number of pyridine rings is 1. The van der Waals surface area contributed by atoms with E-state index < -0.39 is 0 Å². The molecule has 0 saturated heterocycles. The monoisotopic (exact) mass is 332 g/mol. The van der Waals surface area contributed by atoms with Gasteiger partial charge < -0.3 is 5.73 Å². The van der Waals surface area contributed by atoms with Gasteiger partial charge in [0.2, 0.25) is 0 Å². The van der Waals surface area contributed by atoms with E-state index in [1.165, 1.54) is 0 Å². The summed E-state index contributed by atoms with van der Waals surface area (Å²) in [6, 6.07) is 14.4. The summed E-state index contributed by atoms with van der Waals surface area (Å²) in [7, 11) is 0. The zero-order valence-electron chi connectivity index (χ0n) is 10.2. The Balaban J connectivity index is 1.84. The largest absolute Gasteiger partial charge is 0.324 e. The molecule has 0 bridgehead atoms. The Kier molecular flexibility index (Phi) is 3.64. The van der Waals surface area contributed by atoms with E-state index in [1.807, 2.05) is 18.2 Å². The van der Waals surface area contributed by atoms with Crippen LogP contribution in [-0.4, -0.2) is 4.98 Å². The van der Waals surface area contributed by atoms with Crippen LogP contribution in [0, 0.1) is 0 Å². The van der Waals surface area contributed by atoms with Crippen LogP contribution in [0.15, 0.2) is 51.6 Å². The van der Waals surface area contributed by atoms with Gasteiger partial charge in [0.1, 0.15) is 0 Å². The number of para-hydroxylation sites is 1. The van der Waals surface area contributed by atoms with Crippen molar-refractivity contribution in [3.8, 4) is 0 Å². The number of fused-ring (bicyclic) bond motifs is 1. The Morgan fingerprint density at radius 2 is 2.05 bits per heavy atom. The van der Waals surface area contributed by atoms with Gasteiger partial charge in [-0.1, -0.05) is 24.3 Å². The van der Waals surface area contributed by atoms with Crippen molar-refractivity contribution in [3.05, 3.63) is 62.9 Å². The van der Waals surface area contributed by atoms with Gasteiger partial charge in [0.25, 0.3) is 0 Å². The Morgan fingerprint density at radius 3 is 2.84 bits per heavy atom. The van der Waals surface area contributed by atoms with E-state index in [4.69, 9.17) is 5.73 Å². The molecular weight excluding hydrogens is 320 g/mol. The minimum Gasteiger partial charge on any atom is -0.324 e. The van der Waals surface area contributed by atoms with E-state index >= 15 is 0 Å². The van der Waals surface area contributed by atoms with Crippen LogP contribution in [0.25, 0.3) is 10.9 Å². The zero-order valence-corrected chi connectivity index (χ0v) is 12.6. The molecule has 3 aromatic rings. The lowest BCUT2D eigenvalue weighted by molar-refractivity contribution is 0.711. The predicted molar refractivity (Wildman–Crippen MR) is 84.4 cm³/mol. The van der Waals surface area contributed by atoms with Crippen LogP contribution in [0.2, 0.25) is 0 Å². The molecule has 0 spiro atoms. The summed E-state index contributed by atoms with van der Waals surface area (Å²) in [5, 5.41) is 3.26. The van der Waals surface area contributed by atoms with Gasteiger partial charge in [-0.2, -0.15) is 0 Å². The summed E-state index contributed by atoms with van der Waals surface area (Å²) < 4.78 is 1.12. The minimum atomic E-state index is -0.00351. The number of hydrogen-bond donors (Lipinski definition) is 1. The highest BCUT2D eigenvalue weighted by Gasteiger charge is 2.10. The number of thiophene rings is 1. The van der Waals surface area contributed by atoms with Gasteiger partial charge in [-0.05, 0) is 45.1 Å². The summed E-state index contributed by atoms with van der Waals surface area (Å²) in [5.41, 5.74) is 9.45. The lowest BCUT2D eigenvalue weighted by atomic mass is 10.1. The van der Waals surface area contributed by atoms with Gasteiger partial charge in [0.05, 0.1) is 9.30 Å². The lowest BCUT2D eigenvalue weighted by Crippen LogP contribution is -2.13. The van der Waals surface area contributed by atoms with Crippen LogP contribution in [-0.2, 0) is 6.42 Å². The first-order chi connectivity index (χ1) is 9.22. The van der Waals surface area contributed by atoms with Crippen LogP contribution in [0.5, 0.6) is 0 Å². The lowest BCUT2D eigenvalue weighted by Gasteiger charge is -2.09. The van der Waals surface area contributed by atoms with Crippen molar-refractivity contribution in [2.45, 2.75) is 12.5 Å². The maximum Gasteiger partial charge on any atom is 0.0705 e. The molecule has 3 rings (SSSR count). The molecule has 0 radical (unpaired) electrons. The molecule has 1 unspecified atom stereocenters. The van der Waals surface area contributed by atoms with Gasteiger partial charge in [0.15, 0.2) is 0 Å². The molecule has 19 heavy (non-hydrogen) atoms. The number of halogens is 1. The summed E-state index contributed by atoms with van der Waals surface area (Å²) in [5.74, 6) is 0. The van der Waals surface area contributed by atoms with Gasteiger partial charge in [-0.25, -0.2) is 0 Å². The molecule has 0 amide bonds. The summed E-state index contributed by atoms with van der Waals surface area (Å²) in [6.45, 7) is 0. The van der Waals surface area contributed by atoms with Gasteiger partial charge >= 0.3 is 0 Å². The van der Waals surface area contributed by atoms with Crippen LogP contribution < -0.4 is 5.73 Å². The van der Waals surface area contributed by atoms with Crippen molar-refractivity contribution in [2.75, 3.05) is 0 Å². The second kappa shape index (κ2) is 5.41. The first-order valence-electron chi connectivity index (χ1n) is 6.06. The van der Waals surface area contributed by atoms with E-state index in [0.29, 0.717) is 0 Å². The maximum atomic E-state index is 6.23. The summed E-state index contributed by atoms with van der Waals surface area (Å²) in [6.07, 6.45) is 0.758. The third kappa shape index (κ3) is 2.86. The fourth-order valence-corrected chi connectivity index (χ4v) is 3.32. The van der Waals surface area contributed by atoms with Crippen molar-refractivity contribution < 1.29 is 0 Å². The second-order valence-electron chi connectivity index (χ2n) is 4.49. The van der Waals surface area contributed by atoms with Crippen molar-refractivity contribution >= 4 is 38.2 Å². The maximum absolute atomic E-state index is 6.23. The van der Waals surface area contributed by atoms with Crippen molar-refractivity contribution in [1.29, 1.82) is 0 Å². The Hall–Kier alpha value is -1.23. The van der Waals surface area contributed by atoms with E-state index in [9.17, 15) is 0 Å². The topological polar surface area (TPSA) is 38.9 Å². The third-order valence-corrected chi connectivity index (χ3v) is 4.62. The van der Waals surface area contributed by atoms with Crippen molar-refractivity contribution in [1.82, 2.24) is 4.98 Å². The molecule has 0 aliphatic carbocycles. The summed E-state index contributed by atoms with van der Waals surface area (Å²) >= 11 is 5.13. The molecule has 2 aromatic heterocycles. The van der Waals surface area contributed by atoms with Crippen LogP contribution >= 0.6 is 27.3 Å². The molecule has 0 fully saturated rings. The minimum absolute atomic E-state index is 0.00351.